The van der Waals surface area contributed by atoms with E-state index in [2.05, 4.69) is 30.3 Å². The second kappa shape index (κ2) is 7.05. The van der Waals surface area contributed by atoms with Gasteiger partial charge in [-0.15, -0.1) is 0 Å². The molecule has 6 nitrogen and oxygen atoms in total. The van der Waals surface area contributed by atoms with E-state index in [0.29, 0.717) is 34.3 Å². The SMILES string of the molecule is CC(C)(NC(=O)c1ccc(C#N)cc1)C1[C@H]2CC(n3ncc(=O)c4ccccc43)C[C@@H]12. The number of nitrogens with one attached hydrogen (secondary N) is 1. The fraction of sp³-hybridized carbons (Fsp3) is 0.360. The van der Waals surface area contributed by atoms with Crippen LogP contribution in [0.3, 0.4) is 0 Å². The van der Waals surface area contributed by atoms with Gasteiger partial charge in [0, 0.05) is 16.5 Å². The first kappa shape index (κ1) is 19.5. The Balaban J connectivity index is 1.28. The van der Waals surface area contributed by atoms with E-state index in [4.69, 9.17) is 5.26 Å². The van der Waals surface area contributed by atoms with E-state index in [1.165, 1.54) is 6.20 Å². The van der Waals surface area contributed by atoms with Crippen LogP contribution in [0.15, 0.2) is 59.5 Å². The molecule has 0 bridgehead atoms. The van der Waals surface area contributed by atoms with Gasteiger partial charge < -0.3 is 5.32 Å². The highest BCUT2D eigenvalue weighted by Crippen LogP contribution is 2.64. The maximum atomic E-state index is 12.7. The summed E-state index contributed by atoms with van der Waals surface area (Å²) in [6, 6.07) is 16.7. The lowest BCUT2D eigenvalue weighted by Crippen LogP contribution is -2.46. The third kappa shape index (κ3) is 3.31. The summed E-state index contributed by atoms with van der Waals surface area (Å²) in [7, 11) is 0. The van der Waals surface area contributed by atoms with Crippen LogP contribution in [0.2, 0.25) is 0 Å². The van der Waals surface area contributed by atoms with E-state index in [-0.39, 0.29) is 22.9 Å². The van der Waals surface area contributed by atoms with E-state index in [1.54, 1.807) is 24.3 Å². The Kier molecular flexibility index (Phi) is 4.44. The van der Waals surface area contributed by atoms with Crippen molar-refractivity contribution in [3.05, 3.63) is 76.1 Å². The molecule has 3 aromatic rings. The van der Waals surface area contributed by atoms with Crippen molar-refractivity contribution in [2.45, 2.75) is 38.3 Å². The van der Waals surface area contributed by atoms with Crippen molar-refractivity contribution in [3.63, 3.8) is 0 Å². The molecule has 0 spiro atoms. The number of carbonyl (C=O) groups is 1. The quantitative estimate of drug-likeness (QED) is 0.708. The highest BCUT2D eigenvalue weighted by Gasteiger charge is 2.62. The van der Waals surface area contributed by atoms with Crippen LogP contribution >= 0.6 is 0 Å². The largest absolute Gasteiger partial charge is 0.347 e. The zero-order valence-corrected chi connectivity index (χ0v) is 17.6. The van der Waals surface area contributed by atoms with E-state index in [1.807, 2.05) is 28.9 Å². The molecule has 2 saturated carbocycles. The van der Waals surface area contributed by atoms with Crippen LogP contribution in [0.1, 0.15) is 48.7 Å². The molecule has 2 fully saturated rings. The summed E-state index contributed by atoms with van der Waals surface area (Å²) in [5, 5.41) is 17.3. The molecule has 0 saturated heterocycles. The van der Waals surface area contributed by atoms with Gasteiger partial charge in [-0.1, -0.05) is 12.1 Å². The topological polar surface area (TPSA) is 87.8 Å². The normalized spacial score (nSPS) is 24.4. The second-order valence-corrected chi connectivity index (χ2v) is 9.31. The average Bonchev–Trinajstić information content (AvgIpc) is 3.31. The molecule has 2 aliphatic carbocycles. The Morgan fingerprint density at radius 2 is 1.81 bits per heavy atom. The number of hydrogen-bond donors (Lipinski definition) is 1. The van der Waals surface area contributed by atoms with Gasteiger partial charge in [0.15, 0.2) is 0 Å². The van der Waals surface area contributed by atoms with Gasteiger partial charge in [-0.05, 0) is 80.8 Å². The average molecular weight is 412 g/mol. The second-order valence-electron chi connectivity index (χ2n) is 9.31. The Labute approximate surface area is 180 Å². The number of para-hydroxylation sites is 1. The van der Waals surface area contributed by atoms with Crippen LogP contribution < -0.4 is 10.7 Å². The van der Waals surface area contributed by atoms with Gasteiger partial charge in [0.1, 0.15) is 0 Å². The minimum absolute atomic E-state index is 0.0421. The molecule has 0 aliphatic heterocycles. The van der Waals surface area contributed by atoms with Gasteiger partial charge in [-0.25, -0.2) is 0 Å². The van der Waals surface area contributed by atoms with Gasteiger partial charge in [0.25, 0.3) is 5.91 Å². The molecule has 2 aromatic carbocycles. The standard InChI is InChI=1S/C25H24N4O2/c1-25(2,28-24(31)16-9-7-15(13-26)8-10-16)23-19-11-17(12-20(19)23)29-21-6-4-3-5-18(21)22(30)14-27-29/h3-10,14,17,19-20,23H,11-12H2,1-2H3,(H,28,31)/t17?,19-,20+,23?. The summed E-state index contributed by atoms with van der Waals surface area (Å²) in [6.45, 7) is 4.19. The van der Waals surface area contributed by atoms with Crippen molar-refractivity contribution < 1.29 is 4.79 Å². The Bertz CT molecular complexity index is 1260. The number of hydrogen-bond acceptors (Lipinski definition) is 4. The number of aromatic nitrogens is 2. The van der Waals surface area contributed by atoms with E-state index >= 15 is 0 Å². The number of carbonyl (C=O) groups excluding carboxylic acids is 1. The summed E-state index contributed by atoms with van der Waals surface area (Å²) >= 11 is 0. The van der Waals surface area contributed by atoms with Gasteiger partial charge in [-0.3, -0.25) is 14.3 Å². The maximum Gasteiger partial charge on any atom is 0.251 e. The lowest BCUT2D eigenvalue weighted by atomic mass is 9.90. The minimum atomic E-state index is -0.315. The number of fused-ring (bicyclic) bond motifs is 2. The molecule has 4 atom stereocenters. The van der Waals surface area contributed by atoms with E-state index in [0.717, 1.165) is 18.4 Å². The van der Waals surface area contributed by atoms with Gasteiger partial charge >= 0.3 is 0 Å². The summed E-state index contributed by atoms with van der Waals surface area (Å²) in [6.07, 6.45) is 3.43. The third-order valence-corrected chi connectivity index (χ3v) is 7.03. The minimum Gasteiger partial charge on any atom is -0.347 e. The van der Waals surface area contributed by atoms with Crippen molar-refractivity contribution in [1.82, 2.24) is 15.1 Å². The molecule has 0 radical (unpaired) electrons. The van der Waals surface area contributed by atoms with Crippen molar-refractivity contribution in [1.29, 1.82) is 5.26 Å². The molecule has 2 unspecified atom stereocenters. The highest BCUT2D eigenvalue weighted by atomic mass is 16.1. The molecule has 2 aliphatic rings. The molecule has 1 N–H and O–H groups in total. The van der Waals surface area contributed by atoms with Crippen LogP contribution in [0.4, 0.5) is 0 Å². The molecule has 6 heteroatoms. The summed E-state index contributed by atoms with van der Waals surface area (Å²) in [5.41, 5.74) is 1.65. The monoisotopic (exact) mass is 412 g/mol. The Morgan fingerprint density at radius 1 is 1.13 bits per heavy atom. The van der Waals surface area contributed by atoms with Gasteiger partial charge in [0.2, 0.25) is 5.43 Å². The van der Waals surface area contributed by atoms with Crippen molar-refractivity contribution in [3.8, 4) is 6.07 Å². The fourth-order valence-electron chi connectivity index (χ4n) is 5.65. The maximum absolute atomic E-state index is 12.7. The first-order valence-electron chi connectivity index (χ1n) is 10.7. The summed E-state index contributed by atoms with van der Waals surface area (Å²) in [4.78, 5) is 24.9. The number of amides is 1. The molecule has 5 rings (SSSR count). The predicted octanol–water partition coefficient (Wildman–Crippen LogP) is 3.67. The molecule has 1 amide bonds. The Hall–Kier alpha value is -3.46. The van der Waals surface area contributed by atoms with Gasteiger partial charge in [0.05, 0.1) is 29.4 Å². The molecular weight excluding hydrogens is 388 g/mol. The van der Waals surface area contributed by atoms with Gasteiger partial charge in [-0.2, -0.15) is 10.4 Å². The number of rotatable bonds is 4. The lowest BCUT2D eigenvalue weighted by Gasteiger charge is -2.30. The number of nitrogens with zero attached hydrogens (tertiary/aromatic N) is 3. The summed E-state index contributed by atoms with van der Waals surface area (Å²) in [5.74, 6) is 1.41. The smallest absolute Gasteiger partial charge is 0.251 e. The first-order valence-corrected chi connectivity index (χ1v) is 10.7. The highest BCUT2D eigenvalue weighted by molar-refractivity contribution is 5.94. The third-order valence-electron chi connectivity index (χ3n) is 7.03. The lowest BCUT2D eigenvalue weighted by molar-refractivity contribution is 0.0894. The van der Waals surface area contributed by atoms with Crippen LogP contribution in [0, 0.1) is 29.1 Å². The fourth-order valence-corrected chi connectivity index (χ4v) is 5.65. The van der Waals surface area contributed by atoms with Crippen LogP contribution in [-0.4, -0.2) is 21.2 Å². The molecule has 31 heavy (non-hydrogen) atoms. The molecule has 1 aromatic heterocycles. The van der Waals surface area contributed by atoms with Crippen molar-refractivity contribution in [2.75, 3.05) is 0 Å². The van der Waals surface area contributed by atoms with Crippen LogP contribution in [-0.2, 0) is 0 Å². The molecule has 156 valence electrons. The van der Waals surface area contributed by atoms with Crippen LogP contribution in [0.25, 0.3) is 10.9 Å². The zero-order valence-electron chi connectivity index (χ0n) is 17.6. The number of nitriles is 1. The summed E-state index contributed by atoms with van der Waals surface area (Å²) < 4.78 is 2.02. The molecule has 1 heterocycles. The van der Waals surface area contributed by atoms with Crippen molar-refractivity contribution in [2.24, 2.45) is 17.8 Å². The van der Waals surface area contributed by atoms with E-state index in [9.17, 15) is 9.59 Å². The number of benzene rings is 2. The zero-order chi connectivity index (χ0) is 21.8. The Morgan fingerprint density at radius 3 is 2.48 bits per heavy atom. The predicted molar refractivity (Wildman–Crippen MR) is 117 cm³/mol. The van der Waals surface area contributed by atoms with Crippen LogP contribution in [0.5, 0.6) is 0 Å². The molecular formula is C25H24N4O2. The first-order chi connectivity index (χ1) is 14.9. The van der Waals surface area contributed by atoms with E-state index < -0.39 is 0 Å². The van der Waals surface area contributed by atoms with Crippen molar-refractivity contribution >= 4 is 16.8 Å².